The molecule has 0 aromatic rings. The predicted molar refractivity (Wildman–Crippen MR) is 53.0 cm³/mol. The zero-order chi connectivity index (χ0) is 8.55. The number of hydrogen-bond acceptors (Lipinski definition) is 0. The third-order valence-corrected chi connectivity index (χ3v) is 3.16. The van der Waals surface area contributed by atoms with Gasteiger partial charge in [-0.2, -0.15) is 0 Å². The summed E-state index contributed by atoms with van der Waals surface area (Å²) in [6.45, 7) is 4.69. The molecule has 2 rings (SSSR count). The van der Waals surface area contributed by atoms with Crippen LogP contribution in [0.2, 0.25) is 0 Å². The van der Waals surface area contributed by atoms with Crippen LogP contribution in [0, 0.1) is 11.8 Å². The number of allylic oxidation sites excluding steroid dienone is 4. The van der Waals surface area contributed by atoms with Crippen molar-refractivity contribution in [2.45, 2.75) is 39.5 Å². The van der Waals surface area contributed by atoms with Crippen molar-refractivity contribution in [1.29, 1.82) is 0 Å². The second kappa shape index (κ2) is 3.08. The first-order chi connectivity index (χ1) is 5.75. The summed E-state index contributed by atoms with van der Waals surface area (Å²) in [6.07, 6.45) is 10.2. The van der Waals surface area contributed by atoms with Crippen molar-refractivity contribution in [1.82, 2.24) is 0 Å². The molecule has 2 aliphatic carbocycles. The summed E-state index contributed by atoms with van der Waals surface area (Å²) in [6, 6.07) is 0. The summed E-state index contributed by atoms with van der Waals surface area (Å²) in [4.78, 5) is 0. The topological polar surface area (TPSA) is 0 Å². The lowest BCUT2D eigenvalue weighted by Crippen LogP contribution is -2.11. The Morgan fingerprint density at radius 2 is 2.08 bits per heavy atom. The van der Waals surface area contributed by atoms with Gasteiger partial charge < -0.3 is 0 Å². The molecule has 0 nitrogen and oxygen atoms in total. The summed E-state index contributed by atoms with van der Waals surface area (Å²) in [7, 11) is 0. The van der Waals surface area contributed by atoms with Crippen LogP contribution >= 0.6 is 0 Å². The summed E-state index contributed by atoms with van der Waals surface area (Å²) in [5, 5.41) is 0. The minimum atomic E-state index is 0.789. The second-order valence-corrected chi connectivity index (χ2v) is 4.52. The first-order valence-electron chi connectivity index (χ1n) is 5.15. The van der Waals surface area contributed by atoms with E-state index in [9.17, 15) is 0 Å². The van der Waals surface area contributed by atoms with Crippen molar-refractivity contribution >= 4 is 0 Å². The van der Waals surface area contributed by atoms with Crippen LogP contribution in [0.1, 0.15) is 39.5 Å². The van der Waals surface area contributed by atoms with Gasteiger partial charge in [0.2, 0.25) is 0 Å². The van der Waals surface area contributed by atoms with Gasteiger partial charge in [0.25, 0.3) is 0 Å². The minimum absolute atomic E-state index is 0.789. The maximum absolute atomic E-state index is 2.37. The van der Waals surface area contributed by atoms with Crippen molar-refractivity contribution in [2.24, 2.45) is 11.8 Å². The highest BCUT2D eigenvalue weighted by atomic mass is 14.2. The van der Waals surface area contributed by atoms with Gasteiger partial charge in [-0.15, -0.1) is 0 Å². The Kier molecular flexibility index (Phi) is 2.08. The van der Waals surface area contributed by atoms with Crippen molar-refractivity contribution in [3.8, 4) is 0 Å². The SMILES string of the molecule is CC1C=CC2=C(CCC(C)C2)C1. The maximum Gasteiger partial charge on any atom is -0.0221 e. The number of rotatable bonds is 0. The van der Waals surface area contributed by atoms with Crippen LogP contribution in [0.25, 0.3) is 0 Å². The van der Waals surface area contributed by atoms with Crippen LogP contribution < -0.4 is 0 Å². The van der Waals surface area contributed by atoms with Crippen molar-refractivity contribution in [2.75, 3.05) is 0 Å². The van der Waals surface area contributed by atoms with Gasteiger partial charge >= 0.3 is 0 Å². The highest BCUT2D eigenvalue weighted by Gasteiger charge is 2.19. The molecule has 0 aromatic carbocycles. The van der Waals surface area contributed by atoms with Crippen LogP contribution in [0.4, 0.5) is 0 Å². The van der Waals surface area contributed by atoms with E-state index in [1.807, 2.05) is 0 Å². The van der Waals surface area contributed by atoms with E-state index in [0.29, 0.717) is 0 Å². The predicted octanol–water partition coefficient (Wildman–Crippen LogP) is 3.70. The Bertz CT molecular complexity index is 232. The fourth-order valence-corrected chi connectivity index (χ4v) is 2.36. The van der Waals surface area contributed by atoms with E-state index >= 15 is 0 Å². The molecule has 2 aliphatic rings. The lowest BCUT2D eigenvalue weighted by molar-refractivity contribution is 0.479. The molecule has 0 saturated carbocycles. The van der Waals surface area contributed by atoms with Gasteiger partial charge in [0, 0.05) is 0 Å². The molecule has 0 amide bonds. The molecular weight excluding hydrogens is 144 g/mol. The molecule has 0 heterocycles. The van der Waals surface area contributed by atoms with E-state index in [0.717, 1.165) is 11.8 Å². The third-order valence-electron chi connectivity index (χ3n) is 3.16. The Hall–Kier alpha value is -0.520. The zero-order valence-corrected chi connectivity index (χ0v) is 8.14. The largest absolute Gasteiger partial charge is 0.0811 e. The molecule has 0 saturated heterocycles. The van der Waals surface area contributed by atoms with E-state index in [4.69, 9.17) is 0 Å². The number of hydrogen-bond donors (Lipinski definition) is 0. The zero-order valence-electron chi connectivity index (χ0n) is 8.14. The van der Waals surface area contributed by atoms with E-state index in [1.165, 1.54) is 25.7 Å². The summed E-state index contributed by atoms with van der Waals surface area (Å²) in [5.74, 6) is 1.71. The average molecular weight is 162 g/mol. The van der Waals surface area contributed by atoms with Gasteiger partial charge in [0.15, 0.2) is 0 Å². The molecule has 0 aromatic heterocycles. The minimum Gasteiger partial charge on any atom is -0.0811 e. The molecule has 2 unspecified atom stereocenters. The Balaban J connectivity index is 2.17. The fourth-order valence-electron chi connectivity index (χ4n) is 2.36. The Morgan fingerprint density at radius 1 is 1.25 bits per heavy atom. The monoisotopic (exact) mass is 162 g/mol. The molecule has 66 valence electrons. The molecule has 0 heteroatoms. The van der Waals surface area contributed by atoms with Crippen LogP contribution in [0.15, 0.2) is 23.3 Å². The third kappa shape index (κ3) is 1.48. The first-order valence-corrected chi connectivity index (χ1v) is 5.15. The first kappa shape index (κ1) is 8.10. The van der Waals surface area contributed by atoms with Crippen LogP contribution in [-0.2, 0) is 0 Å². The highest BCUT2D eigenvalue weighted by Crippen LogP contribution is 2.36. The summed E-state index contributed by atoms with van der Waals surface area (Å²) >= 11 is 0. The Morgan fingerprint density at radius 3 is 2.92 bits per heavy atom. The van der Waals surface area contributed by atoms with Crippen molar-refractivity contribution in [3.05, 3.63) is 23.3 Å². The lowest BCUT2D eigenvalue weighted by atomic mass is 9.78. The quantitative estimate of drug-likeness (QED) is 0.509. The second-order valence-electron chi connectivity index (χ2n) is 4.52. The molecule has 0 aliphatic heterocycles. The molecule has 0 N–H and O–H groups in total. The Labute approximate surface area is 75.4 Å². The average Bonchev–Trinajstić information content (AvgIpc) is 2.05. The van der Waals surface area contributed by atoms with Gasteiger partial charge in [0.1, 0.15) is 0 Å². The van der Waals surface area contributed by atoms with E-state index in [-0.39, 0.29) is 0 Å². The van der Waals surface area contributed by atoms with Crippen LogP contribution in [-0.4, -0.2) is 0 Å². The van der Waals surface area contributed by atoms with E-state index < -0.39 is 0 Å². The maximum atomic E-state index is 2.37. The summed E-state index contributed by atoms with van der Waals surface area (Å²) in [5.41, 5.74) is 3.41. The van der Waals surface area contributed by atoms with Gasteiger partial charge in [-0.05, 0) is 43.1 Å². The lowest BCUT2D eigenvalue weighted by Gasteiger charge is -2.27. The van der Waals surface area contributed by atoms with Gasteiger partial charge in [0.05, 0.1) is 0 Å². The fraction of sp³-hybridized carbons (Fsp3) is 0.667. The van der Waals surface area contributed by atoms with E-state index in [1.54, 1.807) is 11.1 Å². The van der Waals surface area contributed by atoms with Gasteiger partial charge in [-0.1, -0.05) is 31.6 Å². The molecule has 0 bridgehead atoms. The van der Waals surface area contributed by atoms with E-state index in [2.05, 4.69) is 26.0 Å². The van der Waals surface area contributed by atoms with Crippen LogP contribution in [0.5, 0.6) is 0 Å². The molecule has 2 atom stereocenters. The molecule has 0 radical (unpaired) electrons. The van der Waals surface area contributed by atoms with Gasteiger partial charge in [-0.3, -0.25) is 0 Å². The van der Waals surface area contributed by atoms with Crippen molar-refractivity contribution < 1.29 is 0 Å². The molecule has 12 heavy (non-hydrogen) atoms. The normalized spacial score (nSPS) is 35.2. The van der Waals surface area contributed by atoms with Crippen LogP contribution in [0.3, 0.4) is 0 Å². The summed E-state index contributed by atoms with van der Waals surface area (Å²) < 4.78 is 0. The van der Waals surface area contributed by atoms with Gasteiger partial charge in [-0.25, -0.2) is 0 Å². The standard InChI is InChI=1S/C12H18/c1-9-3-5-12-8-10(2)4-6-11(12)7-9/h3,5,9-10H,4,6-8H2,1-2H3. The molecular formula is C12H18. The molecule has 0 spiro atoms. The van der Waals surface area contributed by atoms with Crippen molar-refractivity contribution in [3.63, 3.8) is 0 Å². The molecule has 0 fully saturated rings. The smallest absolute Gasteiger partial charge is 0.0221 e. The highest BCUT2D eigenvalue weighted by molar-refractivity contribution is 5.32.